The van der Waals surface area contributed by atoms with Crippen LogP contribution in [0.4, 0.5) is 11.4 Å². The Morgan fingerprint density at radius 1 is 1.28 bits per heavy atom. The molecule has 140 valence electrons. The van der Waals surface area contributed by atoms with Crippen molar-refractivity contribution >= 4 is 17.3 Å². The summed E-state index contributed by atoms with van der Waals surface area (Å²) in [4.78, 5) is 14.5. The Balaban J connectivity index is 1.73. The number of morpholine rings is 1. The molecule has 0 aliphatic carbocycles. The SMILES string of the molecule is CC(C)CCNC(=O)c1ccc(NCCCN2CCOCC2)c(N)c1. The van der Waals surface area contributed by atoms with Crippen LogP contribution in [-0.2, 0) is 4.74 Å². The van der Waals surface area contributed by atoms with E-state index in [9.17, 15) is 4.79 Å². The summed E-state index contributed by atoms with van der Waals surface area (Å²) in [5.74, 6) is 0.514. The van der Waals surface area contributed by atoms with Crippen LogP contribution in [0.5, 0.6) is 0 Å². The van der Waals surface area contributed by atoms with Crippen molar-refractivity contribution in [2.24, 2.45) is 5.92 Å². The van der Waals surface area contributed by atoms with Crippen molar-refractivity contribution in [3.8, 4) is 0 Å². The molecule has 4 N–H and O–H groups in total. The summed E-state index contributed by atoms with van der Waals surface area (Å²) in [6, 6.07) is 5.46. The summed E-state index contributed by atoms with van der Waals surface area (Å²) in [6.07, 6.45) is 2.03. The number of carbonyl (C=O) groups is 1. The summed E-state index contributed by atoms with van der Waals surface area (Å²) in [7, 11) is 0. The average Bonchev–Trinajstić information content (AvgIpc) is 2.60. The van der Waals surface area contributed by atoms with Gasteiger partial charge >= 0.3 is 0 Å². The van der Waals surface area contributed by atoms with E-state index in [1.165, 1.54) is 0 Å². The molecule has 1 fully saturated rings. The molecule has 1 amide bonds. The van der Waals surface area contributed by atoms with Gasteiger partial charge in [-0.25, -0.2) is 0 Å². The largest absolute Gasteiger partial charge is 0.397 e. The van der Waals surface area contributed by atoms with E-state index in [4.69, 9.17) is 10.5 Å². The molecule has 2 rings (SSSR count). The number of rotatable bonds is 9. The first-order valence-electron chi connectivity index (χ1n) is 9.28. The number of amides is 1. The molecule has 1 heterocycles. The van der Waals surface area contributed by atoms with Gasteiger partial charge in [0.1, 0.15) is 0 Å². The predicted octanol–water partition coefficient (Wildman–Crippen LogP) is 2.18. The maximum atomic E-state index is 12.1. The smallest absolute Gasteiger partial charge is 0.251 e. The van der Waals surface area contributed by atoms with Crippen molar-refractivity contribution in [2.45, 2.75) is 26.7 Å². The van der Waals surface area contributed by atoms with Crippen molar-refractivity contribution in [1.82, 2.24) is 10.2 Å². The lowest BCUT2D eigenvalue weighted by Gasteiger charge is -2.26. The van der Waals surface area contributed by atoms with Crippen LogP contribution in [0.15, 0.2) is 18.2 Å². The van der Waals surface area contributed by atoms with Crippen LogP contribution >= 0.6 is 0 Å². The number of nitrogens with zero attached hydrogens (tertiary/aromatic N) is 1. The van der Waals surface area contributed by atoms with Crippen LogP contribution in [0.25, 0.3) is 0 Å². The molecule has 1 aliphatic heterocycles. The Hall–Kier alpha value is -1.79. The molecule has 1 aromatic carbocycles. The van der Waals surface area contributed by atoms with Crippen molar-refractivity contribution < 1.29 is 9.53 Å². The van der Waals surface area contributed by atoms with Gasteiger partial charge in [0.2, 0.25) is 0 Å². The first-order valence-corrected chi connectivity index (χ1v) is 9.28. The lowest BCUT2D eigenvalue weighted by Crippen LogP contribution is -2.37. The minimum atomic E-state index is -0.0637. The maximum Gasteiger partial charge on any atom is 0.251 e. The number of ether oxygens (including phenoxy) is 1. The van der Waals surface area contributed by atoms with E-state index in [2.05, 4.69) is 29.4 Å². The lowest BCUT2D eigenvalue weighted by molar-refractivity contribution is 0.0378. The van der Waals surface area contributed by atoms with Gasteiger partial charge in [0, 0.05) is 31.7 Å². The highest BCUT2D eigenvalue weighted by atomic mass is 16.5. The summed E-state index contributed by atoms with van der Waals surface area (Å²) >= 11 is 0. The van der Waals surface area contributed by atoms with E-state index in [0.717, 1.165) is 57.9 Å². The highest BCUT2D eigenvalue weighted by Gasteiger charge is 2.10. The van der Waals surface area contributed by atoms with Crippen LogP contribution in [0.3, 0.4) is 0 Å². The highest BCUT2D eigenvalue weighted by molar-refractivity contribution is 5.96. The Labute approximate surface area is 151 Å². The highest BCUT2D eigenvalue weighted by Crippen LogP contribution is 2.20. The maximum absolute atomic E-state index is 12.1. The third-order valence-electron chi connectivity index (χ3n) is 4.39. The number of carbonyl (C=O) groups excluding carboxylic acids is 1. The zero-order valence-electron chi connectivity index (χ0n) is 15.5. The number of nitrogen functional groups attached to an aromatic ring is 1. The van der Waals surface area contributed by atoms with Crippen LogP contribution in [0.1, 0.15) is 37.0 Å². The van der Waals surface area contributed by atoms with Gasteiger partial charge < -0.3 is 21.1 Å². The van der Waals surface area contributed by atoms with Gasteiger partial charge in [-0.05, 0) is 43.5 Å². The fourth-order valence-electron chi connectivity index (χ4n) is 2.79. The first-order chi connectivity index (χ1) is 12.1. The van der Waals surface area contributed by atoms with E-state index >= 15 is 0 Å². The van der Waals surface area contributed by atoms with Crippen molar-refractivity contribution in [2.75, 3.05) is 57.0 Å². The molecular formula is C19H32N4O2. The summed E-state index contributed by atoms with van der Waals surface area (Å²) < 4.78 is 5.35. The molecule has 25 heavy (non-hydrogen) atoms. The molecule has 1 aromatic rings. The van der Waals surface area contributed by atoms with Crippen LogP contribution in [-0.4, -0.2) is 56.7 Å². The van der Waals surface area contributed by atoms with Gasteiger partial charge in [0.25, 0.3) is 5.91 Å². The summed E-state index contributed by atoms with van der Waals surface area (Å²) in [6.45, 7) is 10.6. The topological polar surface area (TPSA) is 79.6 Å². The Bertz CT molecular complexity index is 542. The molecule has 0 bridgehead atoms. The molecule has 6 nitrogen and oxygen atoms in total. The molecule has 6 heteroatoms. The Kier molecular flexibility index (Phi) is 8.01. The Morgan fingerprint density at radius 3 is 2.72 bits per heavy atom. The van der Waals surface area contributed by atoms with Crippen LogP contribution in [0, 0.1) is 5.92 Å². The predicted molar refractivity (Wildman–Crippen MR) is 103 cm³/mol. The van der Waals surface area contributed by atoms with E-state index in [1.807, 2.05) is 12.1 Å². The minimum Gasteiger partial charge on any atom is -0.397 e. The molecule has 1 aliphatic rings. The summed E-state index contributed by atoms with van der Waals surface area (Å²) in [5.41, 5.74) is 8.21. The van der Waals surface area contributed by atoms with Crippen molar-refractivity contribution in [3.63, 3.8) is 0 Å². The number of benzene rings is 1. The standard InChI is InChI=1S/C19H32N4O2/c1-15(2)6-8-22-19(24)16-4-5-18(17(20)14-16)21-7-3-9-23-10-12-25-13-11-23/h4-5,14-15,21H,3,6-13,20H2,1-2H3,(H,22,24). The van der Waals surface area contributed by atoms with E-state index in [-0.39, 0.29) is 5.91 Å². The van der Waals surface area contributed by atoms with Gasteiger partial charge in [-0.15, -0.1) is 0 Å². The monoisotopic (exact) mass is 348 g/mol. The molecule has 0 atom stereocenters. The Morgan fingerprint density at radius 2 is 2.04 bits per heavy atom. The third-order valence-corrected chi connectivity index (χ3v) is 4.39. The summed E-state index contributed by atoms with van der Waals surface area (Å²) in [5, 5.41) is 6.30. The number of nitrogens with two attached hydrogens (primary N) is 1. The zero-order chi connectivity index (χ0) is 18.1. The van der Waals surface area contributed by atoms with Gasteiger partial charge in [-0.3, -0.25) is 9.69 Å². The fraction of sp³-hybridized carbons (Fsp3) is 0.632. The minimum absolute atomic E-state index is 0.0637. The van der Waals surface area contributed by atoms with Gasteiger partial charge in [-0.2, -0.15) is 0 Å². The van der Waals surface area contributed by atoms with Crippen molar-refractivity contribution in [1.29, 1.82) is 0 Å². The molecular weight excluding hydrogens is 316 g/mol. The molecule has 0 spiro atoms. The van der Waals surface area contributed by atoms with Crippen LogP contribution in [0.2, 0.25) is 0 Å². The number of hydrogen-bond acceptors (Lipinski definition) is 5. The molecule has 0 unspecified atom stereocenters. The third kappa shape index (κ3) is 6.92. The number of nitrogens with one attached hydrogen (secondary N) is 2. The average molecular weight is 348 g/mol. The molecule has 0 saturated carbocycles. The van der Waals surface area contributed by atoms with Gasteiger partial charge in [0.15, 0.2) is 0 Å². The second-order valence-corrected chi connectivity index (χ2v) is 6.97. The van der Waals surface area contributed by atoms with Gasteiger partial charge in [0.05, 0.1) is 24.6 Å². The zero-order valence-corrected chi connectivity index (χ0v) is 15.5. The van der Waals surface area contributed by atoms with Gasteiger partial charge in [-0.1, -0.05) is 13.8 Å². The quantitative estimate of drug-likeness (QED) is 0.471. The molecule has 0 radical (unpaired) electrons. The second kappa shape index (κ2) is 10.3. The molecule has 0 aromatic heterocycles. The van der Waals surface area contributed by atoms with Crippen molar-refractivity contribution in [3.05, 3.63) is 23.8 Å². The second-order valence-electron chi connectivity index (χ2n) is 6.97. The van der Waals surface area contributed by atoms with Crippen LogP contribution < -0.4 is 16.4 Å². The normalized spacial score (nSPS) is 15.3. The first kappa shape index (κ1) is 19.5. The number of anilines is 2. The lowest BCUT2D eigenvalue weighted by atomic mass is 10.1. The van der Waals surface area contributed by atoms with E-state index < -0.39 is 0 Å². The van der Waals surface area contributed by atoms with E-state index in [0.29, 0.717) is 23.7 Å². The molecule has 1 saturated heterocycles. The number of hydrogen-bond donors (Lipinski definition) is 3. The fourth-order valence-corrected chi connectivity index (χ4v) is 2.79. The van der Waals surface area contributed by atoms with E-state index in [1.54, 1.807) is 6.07 Å².